The largest absolute Gasteiger partial charge is 0.465 e. The molecule has 7 nitrogen and oxygen atoms in total. The average Bonchev–Trinajstić information content (AvgIpc) is 3.03. The lowest BCUT2D eigenvalue weighted by molar-refractivity contribution is -0.0219. The zero-order valence-electron chi connectivity index (χ0n) is 16.4. The first-order valence-corrected chi connectivity index (χ1v) is 10.6. The van der Waals surface area contributed by atoms with E-state index < -0.39 is 18.4 Å². The fraction of sp³-hybridized carbons (Fsp3) is 0.450. The van der Waals surface area contributed by atoms with Gasteiger partial charge >= 0.3 is 6.09 Å². The first kappa shape index (κ1) is 21.8. The Labute approximate surface area is 186 Å². The van der Waals surface area contributed by atoms with Crippen molar-refractivity contribution in [3.63, 3.8) is 0 Å². The number of hydrogen-bond acceptors (Lipinski definition) is 3. The fourth-order valence-corrected chi connectivity index (χ4v) is 4.49. The molecule has 2 aliphatic heterocycles. The quantitative estimate of drug-likeness (QED) is 0.701. The van der Waals surface area contributed by atoms with Crippen molar-refractivity contribution in [2.75, 3.05) is 13.1 Å². The van der Waals surface area contributed by atoms with Gasteiger partial charge in [0.15, 0.2) is 0 Å². The molecule has 0 spiro atoms. The molecule has 1 unspecified atom stereocenters. The van der Waals surface area contributed by atoms with Crippen LogP contribution in [0.2, 0.25) is 10.0 Å². The van der Waals surface area contributed by atoms with Gasteiger partial charge in [-0.25, -0.2) is 4.79 Å². The fourth-order valence-electron chi connectivity index (χ4n) is 4.19. The predicted octanol–water partition coefficient (Wildman–Crippen LogP) is 4.16. The van der Waals surface area contributed by atoms with Crippen molar-refractivity contribution in [2.45, 2.75) is 38.3 Å². The molecule has 0 saturated carbocycles. The van der Waals surface area contributed by atoms with Gasteiger partial charge in [-0.3, -0.25) is 9.48 Å². The molecule has 0 radical (unpaired) electrons. The van der Waals surface area contributed by atoms with E-state index in [9.17, 15) is 9.59 Å². The Kier molecular flexibility index (Phi) is 5.83. The van der Waals surface area contributed by atoms with Gasteiger partial charge in [0, 0.05) is 50.1 Å². The van der Waals surface area contributed by atoms with Crippen molar-refractivity contribution in [1.82, 2.24) is 20.0 Å². The standard InChI is InChI=1S/C20H20Cl2F2N4O3/c21-14-2-1-12(7-15(14)22)18(29)27-6-4-16-13(10-27)17-20(23,24)5-3-11(8-25-19(30)31)9-28(17)26-16/h1-2,7,11,25H,3-6,8-10H2,(H,30,31). The number of nitrogens with zero attached hydrogens (tertiary/aromatic N) is 3. The Morgan fingerprint density at radius 2 is 2.06 bits per heavy atom. The molecule has 0 bridgehead atoms. The number of amides is 2. The maximum absolute atomic E-state index is 15.1. The van der Waals surface area contributed by atoms with E-state index in [0.717, 1.165) is 0 Å². The summed E-state index contributed by atoms with van der Waals surface area (Å²) >= 11 is 11.9. The minimum atomic E-state index is -3.12. The highest BCUT2D eigenvalue weighted by atomic mass is 35.5. The summed E-state index contributed by atoms with van der Waals surface area (Å²) in [6.07, 6.45) is -1.07. The Morgan fingerprint density at radius 1 is 1.29 bits per heavy atom. The molecule has 2 N–H and O–H groups in total. The van der Waals surface area contributed by atoms with E-state index >= 15 is 8.78 Å². The predicted molar refractivity (Wildman–Crippen MR) is 110 cm³/mol. The molecule has 31 heavy (non-hydrogen) atoms. The Morgan fingerprint density at radius 3 is 2.77 bits per heavy atom. The molecule has 166 valence electrons. The highest BCUT2D eigenvalue weighted by Gasteiger charge is 2.43. The molecule has 2 aliphatic rings. The normalized spacial score (nSPS) is 19.9. The Hall–Kier alpha value is -2.39. The van der Waals surface area contributed by atoms with Gasteiger partial charge < -0.3 is 15.3 Å². The lowest BCUT2D eigenvalue weighted by Crippen LogP contribution is -2.36. The lowest BCUT2D eigenvalue weighted by atomic mass is 9.97. The minimum absolute atomic E-state index is 0.0252. The molecule has 4 rings (SSSR count). The zero-order chi connectivity index (χ0) is 22.3. The molecule has 0 aliphatic carbocycles. The highest BCUT2D eigenvalue weighted by Crippen LogP contribution is 2.41. The van der Waals surface area contributed by atoms with E-state index in [1.807, 2.05) is 0 Å². The highest BCUT2D eigenvalue weighted by molar-refractivity contribution is 6.42. The molecule has 0 fully saturated rings. The third-order valence-electron chi connectivity index (χ3n) is 5.74. The zero-order valence-corrected chi connectivity index (χ0v) is 17.9. The molecule has 11 heteroatoms. The number of alkyl halides is 2. The second-order valence-corrected chi connectivity index (χ2v) is 8.67. The third kappa shape index (κ3) is 4.34. The number of carbonyl (C=O) groups excluding carboxylic acids is 1. The summed E-state index contributed by atoms with van der Waals surface area (Å²) < 4.78 is 31.4. The molecular weight excluding hydrogens is 453 g/mol. The van der Waals surface area contributed by atoms with E-state index in [-0.39, 0.29) is 48.6 Å². The summed E-state index contributed by atoms with van der Waals surface area (Å²) in [5.41, 5.74) is 1.09. The number of halogens is 4. The van der Waals surface area contributed by atoms with Crippen LogP contribution in [0.25, 0.3) is 0 Å². The van der Waals surface area contributed by atoms with E-state index in [1.54, 1.807) is 6.07 Å². The molecule has 2 aromatic rings. The summed E-state index contributed by atoms with van der Waals surface area (Å²) in [4.78, 5) is 25.2. The summed E-state index contributed by atoms with van der Waals surface area (Å²) in [6.45, 7) is 0.645. The molecule has 2 amide bonds. The van der Waals surface area contributed by atoms with Crippen LogP contribution in [0.4, 0.5) is 13.6 Å². The number of fused-ring (bicyclic) bond motifs is 3. The van der Waals surface area contributed by atoms with Gasteiger partial charge in [0.1, 0.15) is 5.69 Å². The van der Waals surface area contributed by atoms with E-state index in [1.165, 1.54) is 21.7 Å². The van der Waals surface area contributed by atoms with E-state index in [0.29, 0.717) is 34.8 Å². The van der Waals surface area contributed by atoms with Crippen LogP contribution >= 0.6 is 23.2 Å². The monoisotopic (exact) mass is 472 g/mol. The molecular formula is C20H20Cl2F2N4O3. The number of nitrogens with one attached hydrogen (secondary N) is 1. The van der Waals surface area contributed by atoms with Gasteiger partial charge in [-0.1, -0.05) is 23.2 Å². The molecule has 0 saturated heterocycles. The molecule has 1 atom stereocenters. The van der Waals surface area contributed by atoms with E-state index in [2.05, 4.69) is 10.4 Å². The number of carboxylic acid groups (broad SMARTS) is 1. The van der Waals surface area contributed by atoms with Crippen LogP contribution in [-0.4, -0.2) is 44.9 Å². The Bertz CT molecular complexity index is 1040. The van der Waals surface area contributed by atoms with Crippen molar-refractivity contribution in [1.29, 1.82) is 0 Å². The van der Waals surface area contributed by atoms with Crippen molar-refractivity contribution < 1.29 is 23.5 Å². The van der Waals surface area contributed by atoms with Crippen molar-refractivity contribution in [3.8, 4) is 0 Å². The summed E-state index contributed by atoms with van der Waals surface area (Å²) in [5.74, 6) is -3.73. The SMILES string of the molecule is O=C(O)NCC1CCC(F)(F)c2c3c(nn2C1)CCN(C(=O)c1ccc(Cl)c(Cl)c1)C3. The maximum Gasteiger partial charge on any atom is 0.404 e. The second-order valence-electron chi connectivity index (χ2n) is 7.86. The van der Waals surface area contributed by atoms with Crippen molar-refractivity contribution in [3.05, 3.63) is 50.8 Å². The van der Waals surface area contributed by atoms with Crippen LogP contribution < -0.4 is 5.32 Å². The molecule has 3 heterocycles. The topological polar surface area (TPSA) is 87.5 Å². The van der Waals surface area contributed by atoms with Crippen molar-refractivity contribution >= 4 is 35.2 Å². The van der Waals surface area contributed by atoms with Gasteiger partial charge in [0.2, 0.25) is 0 Å². The summed E-state index contributed by atoms with van der Waals surface area (Å²) in [7, 11) is 0. The average molecular weight is 473 g/mol. The second kappa shape index (κ2) is 8.27. The van der Waals surface area contributed by atoms with Crippen LogP contribution in [-0.2, 0) is 25.4 Å². The number of aromatic nitrogens is 2. The van der Waals surface area contributed by atoms with Crippen molar-refractivity contribution in [2.24, 2.45) is 5.92 Å². The van der Waals surface area contributed by atoms with Crippen LogP contribution in [0.5, 0.6) is 0 Å². The third-order valence-corrected chi connectivity index (χ3v) is 6.48. The number of hydrogen-bond donors (Lipinski definition) is 2. The summed E-state index contributed by atoms with van der Waals surface area (Å²) in [5, 5.41) is 16.1. The lowest BCUT2D eigenvalue weighted by Gasteiger charge is -2.28. The number of rotatable bonds is 3. The van der Waals surface area contributed by atoms with Crippen LogP contribution in [0.1, 0.15) is 40.2 Å². The maximum atomic E-state index is 15.1. The van der Waals surface area contributed by atoms with Crippen LogP contribution in [0.3, 0.4) is 0 Å². The van der Waals surface area contributed by atoms with Gasteiger partial charge in [-0.2, -0.15) is 13.9 Å². The van der Waals surface area contributed by atoms with Gasteiger partial charge in [0.05, 0.1) is 15.7 Å². The molecule has 1 aromatic heterocycles. The van der Waals surface area contributed by atoms with Crippen LogP contribution in [0, 0.1) is 5.92 Å². The van der Waals surface area contributed by atoms with E-state index in [4.69, 9.17) is 28.3 Å². The van der Waals surface area contributed by atoms with Crippen LogP contribution in [0.15, 0.2) is 18.2 Å². The van der Waals surface area contributed by atoms with Gasteiger partial charge in [-0.15, -0.1) is 0 Å². The first-order valence-electron chi connectivity index (χ1n) is 9.83. The number of carbonyl (C=O) groups is 2. The summed E-state index contributed by atoms with van der Waals surface area (Å²) in [6, 6.07) is 4.55. The van der Waals surface area contributed by atoms with Gasteiger partial charge in [-0.05, 0) is 30.5 Å². The first-order chi connectivity index (χ1) is 14.7. The smallest absolute Gasteiger partial charge is 0.404 e. The minimum Gasteiger partial charge on any atom is -0.465 e. The molecule has 1 aromatic carbocycles. The Balaban J connectivity index is 1.61. The van der Waals surface area contributed by atoms with Gasteiger partial charge in [0.25, 0.3) is 11.8 Å². The number of benzene rings is 1.